The van der Waals surface area contributed by atoms with Crippen LogP contribution in [-0.4, -0.2) is 53.0 Å². The van der Waals surface area contributed by atoms with Gasteiger partial charge in [-0.2, -0.15) is 0 Å². The first-order valence-corrected chi connectivity index (χ1v) is 11.9. The number of hydrogen-bond acceptors (Lipinski definition) is 3. The van der Waals surface area contributed by atoms with E-state index in [0.29, 0.717) is 18.7 Å². The van der Waals surface area contributed by atoms with Crippen LogP contribution in [-0.2, 0) is 6.54 Å². The number of H-pyrrole nitrogens is 1. The van der Waals surface area contributed by atoms with Gasteiger partial charge < -0.3 is 20.1 Å². The average molecular weight is 425 g/mol. The highest BCUT2D eigenvalue weighted by atomic mass is 16.2. The van der Waals surface area contributed by atoms with Crippen molar-refractivity contribution in [1.29, 1.82) is 0 Å². The molecule has 2 aliphatic rings. The van der Waals surface area contributed by atoms with Crippen LogP contribution in [0.5, 0.6) is 0 Å². The minimum atomic E-state index is -0.0992. The molecule has 2 fully saturated rings. The number of carbonyl (C=O) groups excluding carboxylic acids is 1. The first kappa shape index (κ1) is 21.9. The highest BCUT2D eigenvalue weighted by Gasteiger charge is 2.22. The number of amides is 2. The molecule has 1 aliphatic heterocycles. The average Bonchev–Trinajstić information content (AvgIpc) is 3.29. The lowest BCUT2D eigenvalue weighted by Gasteiger charge is -2.29. The lowest BCUT2D eigenvalue weighted by Crippen LogP contribution is -2.47. The number of rotatable bonds is 6. The van der Waals surface area contributed by atoms with Crippen molar-refractivity contribution in [1.82, 2.24) is 20.1 Å². The number of urea groups is 1. The van der Waals surface area contributed by atoms with Gasteiger partial charge in [0.1, 0.15) is 0 Å². The number of pyridine rings is 1. The quantitative estimate of drug-likeness (QED) is 0.734. The Kier molecular flexibility index (Phi) is 6.96. The van der Waals surface area contributed by atoms with Crippen LogP contribution >= 0.6 is 0 Å². The molecule has 0 bridgehead atoms. The lowest BCUT2D eigenvalue weighted by molar-refractivity contribution is 0.178. The first-order chi connectivity index (χ1) is 15.0. The molecule has 31 heavy (non-hydrogen) atoms. The maximum atomic E-state index is 13.2. The number of hydrogen-bond donors (Lipinski definition) is 2. The predicted molar refractivity (Wildman–Crippen MR) is 126 cm³/mol. The van der Waals surface area contributed by atoms with Gasteiger partial charge in [-0.05, 0) is 75.2 Å². The Morgan fingerprint density at radius 3 is 2.61 bits per heavy atom. The van der Waals surface area contributed by atoms with Crippen LogP contribution in [0.2, 0.25) is 0 Å². The smallest absolute Gasteiger partial charge is 0.317 e. The summed E-state index contributed by atoms with van der Waals surface area (Å²) in [7, 11) is 0. The molecule has 1 aromatic carbocycles. The van der Waals surface area contributed by atoms with E-state index in [1.807, 2.05) is 24.0 Å². The second kappa shape index (κ2) is 9.86. The summed E-state index contributed by atoms with van der Waals surface area (Å²) in [4.78, 5) is 33.4. The van der Waals surface area contributed by atoms with Crippen molar-refractivity contribution in [2.75, 3.05) is 26.2 Å². The molecule has 0 radical (unpaired) electrons. The molecule has 168 valence electrons. The van der Waals surface area contributed by atoms with Gasteiger partial charge in [0.25, 0.3) is 5.56 Å². The summed E-state index contributed by atoms with van der Waals surface area (Å²) in [5.74, 6) is 0. The van der Waals surface area contributed by atoms with E-state index in [1.165, 1.54) is 32.1 Å². The molecule has 1 saturated heterocycles. The summed E-state index contributed by atoms with van der Waals surface area (Å²) in [6.45, 7) is 8.14. The normalized spacial score (nSPS) is 17.9. The predicted octanol–water partition coefficient (Wildman–Crippen LogP) is 4.09. The van der Waals surface area contributed by atoms with Crippen LogP contribution in [0, 0.1) is 13.8 Å². The number of aromatic nitrogens is 1. The molecular formula is C25H36N4O2. The SMILES string of the molecule is Cc1ccc2cc(CN(CCN3CCCC3)C(=O)NC3CCCCC3)c(=O)[nH]c2c1C. The number of nitrogens with one attached hydrogen (secondary N) is 2. The van der Waals surface area contributed by atoms with Crippen molar-refractivity contribution < 1.29 is 4.79 Å². The number of fused-ring (bicyclic) bond motifs is 1. The third kappa shape index (κ3) is 5.29. The molecule has 0 spiro atoms. The topological polar surface area (TPSA) is 68.4 Å². The van der Waals surface area contributed by atoms with Gasteiger partial charge in [0.15, 0.2) is 0 Å². The summed E-state index contributed by atoms with van der Waals surface area (Å²) in [5.41, 5.74) is 3.70. The van der Waals surface area contributed by atoms with Gasteiger partial charge in [0, 0.05) is 24.7 Å². The van der Waals surface area contributed by atoms with E-state index >= 15 is 0 Å². The second-order valence-corrected chi connectivity index (χ2v) is 9.35. The van der Waals surface area contributed by atoms with Crippen LogP contribution in [0.25, 0.3) is 10.9 Å². The Balaban J connectivity index is 1.53. The zero-order valence-corrected chi connectivity index (χ0v) is 19.0. The highest BCUT2D eigenvalue weighted by molar-refractivity contribution is 5.83. The van der Waals surface area contributed by atoms with Crippen molar-refractivity contribution >= 4 is 16.9 Å². The van der Waals surface area contributed by atoms with Gasteiger partial charge in [-0.25, -0.2) is 4.79 Å². The molecule has 6 heteroatoms. The third-order valence-corrected chi connectivity index (χ3v) is 7.09. The molecule has 2 amide bonds. The number of aryl methyl sites for hydroxylation is 2. The number of aromatic amines is 1. The second-order valence-electron chi connectivity index (χ2n) is 9.35. The minimum absolute atomic E-state index is 0.0364. The molecule has 2 N–H and O–H groups in total. The van der Waals surface area contributed by atoms with E-state index < -0.39 is 0 Å². The summed E-state index contributed by atoms with van der Waals surface area (Å²) >= 11 is 0. The summed E-state index contributed by atoms with van der Waals surface area (Å²) in [6, 6.07) is 6.31. The number of carbonyl (C=O) groups is 1. The summed E-state index contributed by atoms with van der Waals surface area (Å²) in [6.07, 6.45) is 8.20. The standard InChI is InChI=1S/C25H36N4O2/c1-18-10-11-20-16-21(24(30)27-23(20)19(18)2)17-29(15-14-28-12-6-7-13-28)25(31)26-22-8-4-3-5-9-22/h10-11,16,22H,3-9,12-15,17H2,1-2H3,(H,26,31)(H,27,30). The van der Waals surface area contributed by atoms with Crippen molar-refractivity contribution in [2.24, 2.45) is 0 Å². The highest BCUT2D eigenvalue weighted by Crippen LogP contribution is 2.20. The zero-order chi connectivity index (χ0) is 21.8. The van der Waals surface area contributed by atoms with E-state index in [0.717, 1.165) is 54.5 Å². The van der Waals surface area contributed by atoms with E-state index in [-0.39, 0.29) is 17.6 Å². The van der Waals surface area contributed by atoms with Crippen molar-refractivity contribution in [3.05, 3.63) is 45.2 Å². The van der Waals surface area contributed by atoms with Crippen LogP contribution in [0.15, 0.2) is 23.0 Å². The van der Waals surface area contributed by atoms with E-state index in [1.54, 1.807) is 0 Å². The fraction of sp³-hybridized carbons (Fsp3) is 0.600. The number of nitrogens with zero attached hydrogens (tertiary/aromatic N) is 2. The van der Waals surface area contributed by atoms with Gasteiger partial charge >= 0.3 is 6.03 Å². The van der Waals surface area contributed by atoms with Crippen molar-refractivity contribution in [3.63, 3.8) is 0 Å². The van der Waals surface area contributed by atoms with Gasteiger partial charge in [-0.15, -0.1) is 0 Å². The Hall–Kier alpha value is -2.34. The van der Waals surface area contributed by atoms with Crippen LogP contribution < -0.4 is 10.9 Å². The van der Waals surface area contributed by atoms with E-state index in [9.17, 15) is 9.59 Å². The van der Waals surface area contributed by atoms with Crippen molar-refractivity contribution in [3.8, 4) is 0 Å². The molecule has 4 rings (SSSR count). The van der Waals surface area contributed by atoms with Crippen LogP contribution in [0.1, 0.15) is 61.6 Å². The molecule has 1 aliphatic carbocycles. The van der Waals surface area contributed by atoms with Gasteiger partial charge in [-0.3, -0.25) is 4.79 Å². The van der Waals surface area contributed by atoms with E-state index in [4.69, 9.17) is 0 Å². The number of benzene rings is 1. The molecule has 2 aromatic rings. The monoisotopic (exact) mass is 424 g/mol. The third-order valence-electron chi connectivity index (χ3n) is 7.09. The van der Waals surface area contributed by atoms with Gasteiger partial charge in [0.2, 0.25) is 0 Å². The zero-order valence-electron chi connectivity index (χ0n) is 19.0. The molecule has 0 atom stereocenters. The Bertz CT molecular complexity index is 971. The Morgan fingerprint density at radius 2 is 1.87 bits per heavy atom. The molecule has 0 unspecified atom stereocenters. The molecule has 2 heterocycles. The van der Waals surface area contributed by atoms with Crippen molar-refractivity contribution in [2.45, 2.75) is 71.4 Å². The maximum Gasteiger partial charge on any atom is 0.317 e. The molecule has 1 saturated carbocycles. The molecule has 1 aromatic heterocycles. The minimum Gasteiger partial charge on any atom is -0.335 e. The first-order valence-electron chi connectivity index (χ1n) is 11.9. The molecule has 6 nitrogen and oxygen atoms in total. The maximum absolute atomic E-state index is 13.2. The lowest BCUT2D eigenvalue weighted by atomic mass is 9.96. The van der Waals surface area contributed by atoms with E-state index in [2.05, 4.69) is 28.2 Å². The van der Waals surface area contributed by atoms with Gasteiger partial charge in [-0.1, -0.05) is 31.4 Å². The van der Waals surface area contributed by atoms with Crippen LogP contribution in [0.4, 0.5) is 4.79 Å². The summed E-state index contributed by atoms with van der Waals surface area (Å²) in [5, 5.41) is 4.26. The fourth-order valence-corrected chi connectivity index (χ4v) is 4.93. The Labute approximate surface area is 185 Å². The van der Waals surface area contributed by atoms with Crippen LogP contribution in [0.3, 0.4) is 0 Å². The number of likely N-dealkylation sites (tertiary alicyclic amines) is 1. The van der Waals surface area contributed by atoms with Gasteiger partial charge in [0.05, 0.1) is 12.1 Å². The molecular weight excluding hydrogens is 388 g/mol. The summed E-state index contributed by atoms with van der Waals surface area (Å²) < 4.78 is 0. The fourth-order valence-electron chi connectivity index (χ4n) is 4.93. The largest absolute Gasteiger partial charge is 0.335 e. The Morgan fingerprint density at radius 1 is 1.13 bits per heavy atom.